The van der Waals surface area contributed by atoms with Crippen LogP contribution in [0.15, 0.2) is 0 Å². The van der Waals surface area contributed by atoms with E-state index >= 15 is 0 Å². The molecule has 15 heavy (non-hydrogen) atoms. The van der Waals surface area contributed by atoms with Crippen molar-refractivity contribution in [1.29, 1.82) is 0 Å². The number of methoxy groups -OCH3 is 1. The van der Waals surface area contributed by atoms with Crippen LogP contribution < -0.4 is 5.73 Å². The molecule has 2 fully saturated rings. The molecule has 0 bridgehead atoms. The SMILES string of the molecule is COCC1(CCC2(N)CC2)CCCCO1. The van der Waals surface area contributed by atoms with E-state index < -0.39 is 0 Å². The van der Waals surface area contributed by atoms with Crippen LogP contribution in [0, 0.1) is 0 Å². The Labute approximate surface area is 92.3 Å². The molecule has 2 aliphatic rings. The van der Waals surface area contributed by atoms with Gasteiger partial charge in [0.1, 0.15) is 0 Å². The topological polar surface area (TPSA) is 44.5 Å². The summed E-state index contributed by atoms with van der Waals surface area (Å²) in [6.07, 6.45) is 8.14. The van der Waals surface area contributed by atoms with E-state index in [0.717, 1.165) is 32.5 Å². The van der Waals surface area contributed by atoms with Gasteiger partial charge in [-0.05, 0) is 44.9 Å². The van der Waals surface area contributed by atoms with Crippen LogP contribution in [0.3, 0.4) is 0 Å². The fourth-order valence-corrected chi connectivity index (χ4v) is 2.44. The third-order valence-corrected chi connectivity index (χ3v) is 3.81. The van der Waals surface area contributed by atoms with E-state index in [9.17, 15) is 0 Å². The molecule has 88 valence electrons. The molecule has 1 saturated heterocycles. The van der Waals surface area contributed by atoms with Crippen LogP contribution in [0.5, 0.6) is 0 Å². The second-order valence-corrected chi connectivity index (χ2v) is 5.28. The lowest BCUT2D eigenvalue weighted by molar-refractivity contribution is -0.121. The van der Waals surface area contributed by atoms with Gasteiger partial charge < -0.3 is 15.2 Å². The highest BCUT2D eigenvalue weighted by Crippen LogP contribution is 2.40. The number of rotatable bonds is 5. The summed E-state index contributed by atoms with van der Waals surface area (Å²) in [5.41, 5.74) is 6.24. The molecule has 1 aliphatic carbocycles. The first-order chi connectivity index (χ1) is 7.18. The molecule has 3 nitrogen and oxygen atoms in total. The first-order valence-electron chi connectivity index (χ1n) is 6.10. The first-order valence-corrected chi connectivity index (χ1v) is 6.10. The summed E-state index contributed by atoms with van der Waals surface area (Å²) in [5.74, 6) is 0. The van der Waals surface area contributed by atoms with Gasteiger partial charge in [0, 0.05) is 19.3 Å². The van der Waals surface area contributed by atoms with E-state index in [1.165, 1.54) is 25.7 Å². The lowest BCUT2D eigenvalue weighted by atomic mass is 9.88. The minimum absolute atomic E-state index is 0.0258. The second kappa shape index (κ2) is 4.40. The van der Waals surface area contributed by atoms with E-state index in [-0.39, 0.29) is 11.1 Å². The summed E-state index contributed by atoms with van der Waals surface area (Å²) in [5, 5.41) is 0. The van der Waals surface area contributed by atoms with Crippen LogP contribution in [-0.2, 0) is 9.47 Å². The molecule has 1 unspecified atom stereocenters. The summed E-state index contributed by atoms with van der Waals surface area (Å²) < 4.78 is 11.3. The van der Waals surface area contributed by atoms with E-state index in [4.69, 9.17) is 15.2 Å². The van der Waals surface area contributed by atoms with Gasteiger partial charge in [-0.2, -0.15) is 0 Å². The molecular weight excluding hydrogens is 190 g/mol. The van der Waals surface area contributed by atoms with Crippen molar-refractivity contribution in [3.05, 3.63) is 0 Å². The van der Waals surface area contributed by atoms with E-state index in [1.54, 1.807) is 7.11 Å². The highest BCUT2D eigenvalue weighted by molar-refractivity contribution is 5.00. The fourth-order valence-electron chi connectivity index (χ4n) is 2.44. The molecule has 1 atom stereocenters. The Morgan fingerprint density at radius 3 is 2.53 bits per heavy atom. The minimum Gasteiger partial charge on any atom is -0.382 e. The Balaban J connectivity index is 1.86. The molecule has 0 amide bonds. The molecule has 1 heterocycles. The van der Waals surface area contributed by atoms with Crippen LogP contribution in [0.2, 0.25) is 0 Å². The van der Waals surface area contributed by atoms with Gasteiger partial charge in [0.05, 0.1) is 12.2 Å². The summed E-state index contributed by atoms with van der Waals surface area (Å²) in [6, 6.07) is 0. The van der Waals surface area contributed by atoms with Crippen LogP contribution >= 0.6 is 0 Å². The Kier molecular flexibility index (Phi) is 3.33. The van der Waals surface area contributed by atoms with Gasteiger partial charge >= 0.3 is 0 Å². The third-order valence-electron chi connectivity index (χ3n) is 3.81. The lowest BCUT2D eigenvalue weighted by Crippen LogP contribution is -2.42. The molecule has 0 spiro atoms. The van der Waals surface area contributed by atoms with Gasteiger partial charge in [-0.25, -0.2) is 0 Å². The summed E-state index contributed by atoms with van der Waals surface area (Å²) in [7, 11) is 1.76. The maximum Gasteiger partial charge on any atom is 0.0915 e. The van der Waals surface area contributed by atoms with Crippen molar-refractivity contribution < 1.29 is 9.47 Å². The van der Waals surface area contributed by atoms with E-state index in [1.807, 2.05) is 0 Å². The molecule has 0 aromatic carbocycles. The third kappa shape index (κ3) is 2.92. The van der Waals surface area contributed by atoms with Crippen molar-refractivity contribution in [1.82, 2.24) is 0 Å². The Hall–Kier alpha value is -0.120. The van der Waals surface area contributed by atoms with Crippen molar-refractivity contribution in [2.45, 2.75) is 56.1 Å². The highest BCUT2D eigenvalue weighted by atomic mass is 16.5. The van der Waals surface area contributed by atoms with Crippen LogP contribution in [-0.4, -0.2) is 31.5 Å². The largest absolute Gasteiger partial charge is 0.382 e. The molecule has 0 aromatic heterocycles. The Morgan fingerprint density at radius 1 is 1.20 bits per heavy atom. The number of hydrogen-bond donors (Lipinski definition) is 1. The van der Waals surface area contributed by atoms with E-state index in [0.29, 0.717) is 0 Å². The standard InChI is InChI=1S/C12H23NO2/c1-14-10-12(4-2-3-9-15-12)8-7-11(13)5-6-11/h2-10,13H2,1H3. The summed E-state index contributed by atoms with van der Waals surface area (Å²) in [4.78, 5) is 0. The summed E-state index contributed by atoms with van der Waals surface area (Å²) in [6.45, 7) is 1.62. The Bertz CT molecular complexity index is 202. The van der Waals surface area contributed by atoms with Crippen molar-refractivity contribution in [2.75, 3.05) is 20.3 Å². The zero-order valence-corrected chi connectivity index (χ0v) is 9.76. The fraction of sp³-hybridized carbons (Fsp3) is 1.00. The Morgan fingerprint density at radius 2 is 2.00 bits per heavy atom. The maximum atomic E-state index is 6.12. The lowest BCUT2D eigenvalue weighted by Gasteiger charge is -2.37. The average Bonchev–Trinajstić information content (AvgIpc) is 2.97. The van der Waals surface area contributed by atoms with Gasteiger partial charge in [0.25, 0.3) is 0 Å². The zero-order valence-electron chi connectivity index (χ0n) is 9.76. The molecular formula is C12H23NO2. The van der Waals surface area contributed by atoms with Crippen molar-refractivity contribution in [2.24, 2.45) is 5.73 Å². The molecule has 0 radical (unpaired) electrons. The predicted molar refractivity (Wildman–Crippen MR) is 59.8 cm³/mol. The van der Waals surface area contributed by atoms with Gasteiger partial charge in [0.2, 0.25) is 0 Å². The van der Waals surface area contributed by atoms with E-state index in [2.05, 4.69) is 0 Å². The molecule has 1 saturated carbocycles. The van der Waals surface area contributed by atoms with Crippen LogP contribution in [0.1, 0.15) is 44.9 Å². The normalized spacial score (nSPS) is 34.0. The summed E-state index contributed by atoms with van der Waals surface area (Å²) >= 11 is 0. The molecule has 1 aliphatic heterocycles. The van der Waals surface area contributed by atoms with Crippen molar-refractivity contribution in [3.63, 3.8) is 0 Å². The van der Waals surface area contributed by atoms with Gasteiger partial charge in [-0.1, -0.05) is 0 Å². The van der Waals surface area contributed by atoms with Gasteiger partial charge in [-0.15, -0.1) is 0 Å². The number of hydrogen-bond acceptors (Lipinski definition) is 3. The molecule has 3 heteroatoms. The van der Waals surface area contributed by atoms with Crippen LogP contribution in [0.25, 0.3) is 0 Å². The highest BCUT2D eigenvalue weighted by Gasteiger charge is 2.42. The molecule has 2 rings (SSSR count). The predicted octanol–water partition coefficient (Wildman–Crippen LogP) is 1.84. The smallest absolute Gasteiger partial charge is 0.0915 e. The zero-order chi connectivity index (χ0) is 10.8. The number of nitrogens with two attached hydrogens (primary N) is 1. The molecule has 0 aromatic rings. The second-order valence-electron chi connectivity index (χ2n) is 5.28. The monoisotopic (exact) mass is 213 g/mol. The van der Waals surface area contributed by atoms with Crippen molar-refractivity contribution >= 4 is 0 Å². The molecule has 2 N–H and O–H groups in total. The first kappa shape index (κ1) is 11.4. The number of ether oxygens (including phenoxy) is 2. The minimum atomic E-state index is -0.0258. The quantitative estimate of drug-likeness (QED) is 0.758. The maximum absolute atomic E-state index is 6.12. The van der Waals surface area contributed by atoms with Gasteiger partial charge in [0.15, 0.2) is 0 Å². The average molecular weight is 213 g/mol. The van der Waals surface area contributed by atoms with Crippen molar-refractivity contribution in [3.8, 4) is 0 Å². The van der Waals surface area contributed by atoms with Crippen LogP contribution in [0.4, 0.5) is 0 Å². The van der Waals surface area contributed by atoms with Gasteiger partial charge in [-0.3, -0.25) is 0 Å².